The van der Waals surface area contributed by atoms with E-state index < -0.39 is 11.9 Å². The molecule has 0 aliphatic rings. The first-order valence-electron chi connectivity index (χ1n) is 7.54. The molecule has 2 aromatic carbocycles. The van der Waals surface area contributed by atoms with E-state index in [4.69, 9.17) is 21.4 Å². The average molecular weight is 443 g/mol. The van der Waals surface area contributed by atoms with Crippen LogP contribution in [-0.4, -0.2) is 37.3 Å². The fourth-order valence-corrected chi connectivity index (χ4v) is 2.99. The van der Waals surface area contributed by atoms with Crippen molar-refractivity contribution >= 4 is 50.8 Å². The first kappa shape index (κ1) is 20.0. The third-order valence-corrected chi connectivity index (χ3v) is 3.91. The number of ether oxygens (including phenoxy) is 1. The van der Waals surface area contributed by atoms with Gasteiger partial charge in [0.2, 0.25) is 0 Å². The molecule has 0 atom stereocenters. The van der Waals surface area contributed by atoms with Gasteiger partial charge in [-0.2, -0.15) is 0 Å². The molecule has 0 spiro atoms. The van der Waals surface area contributed by atoms with E-state index in [-0.39, 0.29) is 24.4 Å². The third-order valence-electron chi connectivity index (χ3n) is 3.24. The molecule has 3 amide bonds. The average Bonchev–Trinajstić information content (AvgIpc) is 2.58. The molecule has 7 nitrogen and oxygen atoms in total. The molecule has 0 aromatic heterocycles. The molecule has 0 fully saturated rings. The van der Waals surface area contributed by atoms with Gasteiger partial charge in [0.15, 0.2) is 0 Å². The zero-order chi connectivity index (χ0) is 19.1. The number of methoxy groups -OCH3 is 1. The Morgan fingerprint density at radius 3 is 2.62 bits per heavy atom. The predicted molar refractivity (Wildman–Crippen MR) is 104 cm³/mol. The highest BCUT2D eigenvalue weighted by atomic mass is 79.9. The molecule has 0 aliphatic carbocycles. The van der Waals surface area contributed by atoms with Crippen molar-refractivity contribution in [2.45, 2.75) is 0 Å². The standard InChI is InChI=1S/C17H17BrClN3O4/c1-26-13-2-3-14(16(24)20-4-5-23)15(9-13)22-17(25)21-12-7-10(18)6-11(19)8-12/h2-3,6-9,23H,4-5H2,1H3,(H,20,24)(H2,21,22,25). The van der Waals surface area contributed by atoms with E-state index in [9.17, 15) is 9.59 Å². The van der Waals surface area contributed by atoms with Crippen LogP contribution < -0.4 is 20.7 Å². The summed E-state index contributed by atoms with van der Waals surface area (Å²) in [6.07, 6.45) is 0. The highest BCUT2D eigenvalue weighted by Gasteiger charge is 2.15. The maximum absolute atomic E-state index is 12.3. The Kier molecular flexibility index (Phi) is 7.26. The number of carbonyl (C=O) groups is 2. The number of amides is 3. The Bertz CT molecular complexity index is 796. The lowest BCUT2D eigenvalue weighted by atomic mass is 10.1. The van der Waals surface area contributed by atoms with Crippen LogP contribution in [0.5, 0.6) is 5.75 Å². The van der Waals surface area contributed by atoms with E-state index in [1.807, 2.05) is 0 Å². The van der Waals surface area contributed by atoms with Gasteiger partial charge >= 0.3 is 6.03 Å². The molecule has 0 heterocycles. The Labute approximate surface area is 163 Å². The minimum absolute atomic E-state index is 0.104. The van der Waals surface area contributed by atoms with E-state index in [1.54, 1.807) is 24.3 Å². The minimum atomic E-state index is -0.552. The van der Waals surface area contributed by atoms with Crippen molar-refractivity contribution in [2.75, 3.05) is 30.9 Å². The van der Waals surface area contributed by atoms with Crippen LogP contribution >= 0.6 is 27.5 Å². The van der Waals surface area contributed by atoms with Gasteiger partial charge in [-0.3, -0.25) is 4.79 Å². The summed E-state index contributed by atoms with van der Waals surface area (Å²) in [5.74, 6) is 0.0482. The molecule has 0 saturated heterocycles. The van der Waals surface area contributed by atoms with Crippen LogP contribution in [0.15, 0.2) is 40.9 Å². The maximum atomic E-state index is 12.3. The molecule has 4 N–H and O–H groups in total. The normalized spacial score (nSPS) is 10.2. The summed E-state index contributed by atoms with van der Waals surface area (Å²) < 4.78 is 5.85. The Morgan fingerprint density at radius 2 is 1.96 bits per heavy atom. The van der Waals surface area contributed by atoms with E-state index in [0.29, 0.717) is 20.9 Å². The van der Waals surface area contributed by atoms with Crippen molar-refractivity contribution in [3.05, 3.63) is 51.5 Å². The SMILES string of the molecule is COc1ccc(C(=O)NCCO)c(NC(=O)Nc2cc(Cl)cc(Br)c2)c1. The second-order valence-electron chi connectivity index (χ2n) is 5.13. The van der Waals surface area contributed by atoms with E-state index >= 15 is 0 Å². The summed E-state index contributed by atoms with van der Waals surface area (Å²) in [5.41, 5.74) is 0.983. The quantitative estimate of drug-likeness (QED) is 0.550. The van der Waals surface area contributed by atoms with Gasteiger partial charge in [0.05, 0.1) is 25.0 Å². The maximum Gasteiger partial charge on any atom is 0.323 e. The molecular weight excluding hydrogens is 426 g/mol. The van der Waals surface area contributed by atoms with Gasteiger partial charge < -0.3 is 25.8 Å². The van der Waals surface area contributed by atoms with Gasteiger partial charge in [0, 0.05) is 27.8 Å². The number of carbonyl (C=O) groups excluding carboxylic acids is 2. The summed E-state index contributed by atoms with van der Waals surface area (Å²) in [6, 6.07) is 9.07. The fourth-order valence-electron chi connectivity index (χ4n) is 2.13. The van der Waals surface area contributed by atoms with Gasteiger partial charge in [-0.05, 0) is 30.3 Å². The van der Waals surface area contributed by atoms with E-state index in [2.05, 4.69) is 31.9 Å². The third kappa shape index (κ3) is 5.62. The fraction of sp³-hybridized carbons (Fsp3) is 0.176. The Morgan fingerprint density at radius 1 is 1.19 bits per heavy atom. The second kappa shape index (κ2) is 9.42. The number of benzene rings is 2. The Balaban J connectivity index is 2.20. The van der Waals surface area contributed by atoms with Crippen molar-refractivity contribution in [3.8, 4) is 5.75 Å². The molecule has 9 heteroatoms. The molecule has 138 valence electrons. The summed E-state index contributed by atoms with van der Waals surface area (Å²) >= 11 is 9.25. The van der Waals surface area contributed by atoms with Crippen molar-refractivity contribution in [1.29, 1.82) is 0 Å². The van der Waals surface area contributed by atoms with Crippen LogP contribution in [0.4, 0.5) is 16.2 Å². The smallest absolute Gasteiger partial charge is 0.323 e. The second-order valence-corrected chi connectivity index (χ2v) is 6.48. The molecule has 0 radical (unpaired) electrons. The van der Waals surface area contributed by atoms with Gasteiger partial charge in [-0.25, -0.2) is 4.79 Å². The lowest BCUT2D eigenvalue weighted by Gasteiger charge is -2.13. The number of rotatable bonds is 6. The highest BCUT2D eigenvalue weighted by molar-refractivity contribution is 9.10. The number of aliphatic hydroxyl groups excluding tert-OH is 1. The molecule has 0 unspecified atom stereocenters. The van der Waals surface area contributed by atoms with Crippen molar-refractivity contribution in [1.82, 2.24) is 5.32 Å². The van der Waals surface area contributed by atoms with Crippen LogP contribution in [0.3, 0.4) is 0 Å². The molecule has 0 bridgehead atoms. The highest BCUT2D eigenvalue weighted by Crippen LogP contribution is 2.25. The first-order chi connectivity index (χ1) is 12.4. The van der Waals surface area contributed by atoms with Crippen LogP contribution in [0.2, 0.25) is 5.02 Å². The molecule has 0 saturated carbocycles. The lowest BCUT2D eigenvalue weighted by Crippen LogP contribution is -2.28. The predicted octanol–water partition coefficient (Wildman–Crippen LogP) is 3.48. The molecule has 26 heavy (non-hydrogen) atoms. The number of hydrogen-bond donors (Lipinski definition) is 4. The molecular formula is C17H17BrClN3O4. The van der Waals surface area contributed by atoms with Crippen molar-refractivity contribution in [3.63, 3.8) is 0 Å². The minimum Gasteiger partial charge on any atom is -0.497 e. The van der Waals surface area contributed by atoms with Crippen LogP contribution in [0.1, 0.15) is 10.4 Å². The van der Waals surface area contributed by atoms with Crippen molar-refractivity contribution in [2.24, 2.45) is 0 Å². The van der Waals surface area contributed by atoms with Crippen LogP contribution in [0.25, 0.3) is 0 Å². The van der Waals surface area contributed by atoms with E-state index in [1.165, 1.54) is 19.2 Å². The number of aliphatic hydroxyl groups is 1. The van der Waals surface area contributed by atoms with Gasteiger partial charge in [-0.1, -0.05) is 27.5 Å². The Hall–Kier alpha value is -2.29. The molecule has 2 rings (SSSR count). The van der Waals surface area contributed by atoms with Gasteiger partial charge in [0.25, 0.3) is 5.91 Å². The first-order valence-corrected chi connectivity index (χ1v) is 8.71. The number of nitrogens with one attached hydrogen (secondary N) is 3. The zero-order valence-electron chi connectivity index (χ0n) is 13.8. The lowest BCUT2D eigenvalue weighted by molar-refractivity contribution is 0.0945. The van der Waals surface area contributed by atoms with Gasteiger partial charge in [0.1, 0.15) is 5.75 Å². The summed E-state index contributed by atoms with van der Waals surface area (Å²) in [6.45, 7) is -0.0815. The number of hydrogen-bond acceptors (Lipinski definition) is 4. The van der Waals surface area contributed by atoms with Crippen molar-refractivity contribution < 1.29 is 19.4 Å². The van der Waals surface area contributed by atoms with Crippen LogP contribution in [0, 0.1) is 0 Å². The number of halogens is 2. The topological polar surface area (TPSA) is 99.7 Å². The summed E-state index contributed by atoms with van der Waals surface area (Å²) in [5, 5.41) is 17.1. The molecule has 2 aromatic rings. The largest absolute Gasteiger partial charge is 0.497 e. The zero-order valence-corrected chi connectivity index (χ0v) is 16.1. The molecule has 0 aliphatic heterocycles. The number of urea groups is 1. The summed E-state index contributed by atoms with van der Waals surface area (Å²) in [4.78, 5) is 24.5. The summed E-state index contributed by atoms with van der Waals surface area (Å²) in [7, 11) is 1.48. The van der Waals surface area contributed by atoms with Gasteiger partial charge in [-0.15, -0.1) is 0 Å². The van der Waals surface area contributed by atoms with E-state index in [0.717, 1.165) is 0 Å². The van der Waals surface area contributed by atoms with Crippen LogP contribution in [-0.2, 0) is 0 Å². The monoisotopic (exact) mass is 441 g/mol. The number of anilines is 2.